The second kappa shape index (κ2) is 10.5. The molecule has 3 atom stereocenters. The first-order chi connectivity index (χ1) is 16.8. The number of fused-ring (bicyclic) bond motifs is 3. The van der Waals surface area contributed by atoms with Crippen LogP contribution in [-0.2, 0) is 23.9 Å². The molecule has 2 aliphatic rings. The molecule has 9 nitrogen and oxygen atoms in total. The van der Waals surface area contributed by atoms with Gasteiger partial charge >= 0.3 is 12.1 Å². The fraction of sp³-hybridized carbons (Fsp3) is 0.423. The molecular formula is C26H30N2O7. The number of hydrogen-bond acceptors (Lipinski definition) is 6. The number of ether oxygens (including phenoxy) is 2. The Morgan fingerprint density at radius 1 is 1.09 bits per heavy atom. The van der Waals surface area contributed by atoms with Crippen molar-refractivity contribution in [2.45, 2.75) is 44.2 Å². The fourth-order valence-corrected chi connectivity index (χ4v) is 5.00. The van der Waals surface area contributed by atoms with Gasteiger partial charge in [-0.25, -0.2) is 15.1 Å². The second-order valence-electron chi connectivity index (χ2n) is 9.16. The third-order valence-corrected chi connectivity index (χ3v) is 7.00. The van der Waals surface area contributed by atoms with Gasteiger partial charge in [0.2, 0.25) is 6.10 Å². The van der Waals surface area contributed by atoms with E-state index < -0.39 is 35.5 Å². The van der Waals surface area contributed by atoms with Crippen molar-refractivity contribution in [1.29, 1.82) is 0 Å². The molecule has 2 aromatic carbocycles. The number of nitrogens with one attached hydrogen (secondary N) is 2. The Morgan fingerprint density at radius 2 is 1.71 bits per heavy atom. The molecule has 0 bridgehead atoms. The van der Waals surface area contributed by atoms with Crippen LogP contribution < -0.4 is 10.8 Å². The van der Waals surface area contributed by atoms with E-state index in [1.807, 2.05) is 36.4 Å². The van der Waals surface area contributed by atoms with Crippen molar-refractivity contribution < 1.29 is 33.8 Å². The summed E-state index contributed by atoms with van der Waals surface area (Å²) in [4.78, 5) is 41.9. The maximum Gasteiger partial charge on any atom is 0.407 e. The third kappa shape index (κ3) is 5.01. The summed E-state index contributed by atoms with van der Waals surface area (Å²) >= 11 is 0. The minimum Gasteiger partial charge on any atom is -0.479 e. The van der Waals surface area contributed by atoms with E-state index in [1.165, 1.54) is 7.11 Å². The van der Waals surface area contributed by atoms with E-state index in [4.69, 9.17) is 19.4 Å². The largest absolute Gasteiger partial charge is 0.479 e. The molecule has 2 amide bonds. The number of alkyl carbamates (subject to hydrolysis) is 1. The molecule has 0 saturated heterocycles. The number of benzene rings is 2. The smallest absolute Gasteiger partial charge is 0.407 e. The highest BCUT2D eigenvalue weighted by molar-refractivity contribution is 5.84. The Balaban J connectivity index is 1.36. The Labute approximate surface area is 203 Å². The van der Waals surface area contributed by atoms with Crippen LogP contribution in [0.4, 0.5) is 4.79 Å². The third-order valence-electron chi connectivity index (χ3n) is 7.00. The van der Waals surface area contributed by atoms with Crippen LogP contribution in [0, 0.1) is 5.41 Å². The van der Waals surface area contributed by atoms with Gasteiger partial charge in [-0.15, -0.1) is 0 Å². The summed E-state index contributed by atoms with van der Waals surface area (Å²) in [6.45, 7) is 1.68. The van der Waals surface area contributed by atoms with Crippen LogP contribution in [0.5, 0.6) is 0 Å². The molecule has 2 aromatic rings. The van der Waals surface area contributed by atoms with Crippen molar-refractivity contribution in [1.82, 2.24) is 10.8 Å². The maximum atomic E-state index is 12.9. The number of carbonyl (C=O) groups is 3. The lowest BCUT2D eigenvalue weighted by Crippen LogP contribution is -2.52. The number of rotatable bonds is 9. The predicted molar refractivity (Wildman–Crippen MR) is 126 cm³/mol. The summed E-state index contributed by atoms with van der Waals surface area (Å²) in [5.41, 5.74) is 5.80. The lowest BCUT2D eigenvalue weighted by atomic mass is 9.84. The van der Waals surface area contributed by atoms with Crippen LogP contribution in [0.25, 0.3) is 11.1 Å². The van der Waals surface area contributed by atoms with Crippen molar-refractivity contribution in [3.63, 3.8) is 0 Å². The first-order valence-electron chi connectivity index (χ1n) is 11.6. The van der Waals surface area contributed by atoms with Crippen molar-refractivity contribution >= 4 is 18.0 Å². The van der Waals surface area contributed by atoms with E-state index in [-0.39, 0.29) is 19.1 Å². The zero-order valence-electron chi connectivity index (χ0n) is 19.8. The van der Waals surface area contributed by atoms with Crippen LogP contribution >= 0.6 is 0 Å². The quantitative estimate of drug-likeness (QED) is 0.469. The highest BCUT2D eigenvalue weighted by Crippen LogP contribution is 2.44. The first kappa shape index (κ1) is 24.7. The van der Waals surface area contributed by atoms with Crippen LogP contribution in [0.2, 0.25) is 0 Å². The molecule has 0 radical (unpaired) electrons. The van der Waals surface area contributed by atoms with E-state index in [9.17, 15) is 14.4 Å². The van der Waals surface area contributed by atoms with Gasteiger partial charge in [-0.2, -0.15) is 0 Å². The number of carboxylic acid groups (broad SMARTS) is 1. The Bertz CT molecular complexity index is 1060. The lowest BCUT2D eigenvalue weighted by Gasteiger charge is -2.30. The molecule has 3 N–H and O–H groups in total. The molecule has 3 unspecified atom stereocenters. The topological polar surface area (TPSA) is 123 Å². The van der Waals surface area contributed by atoms with E-state index >= 15 is 0 Å². The predicted octanol–water partition coefficient (Wildman–Crippen LogP) is 3.23. The van der Waals surface area contributed by atoms with Gasteiger partial charge in [0.25, 0.3) is 5.91 Å². The molecule has 0 heterocycles. The molecule has 0 aliphatic heterocycles. The van der Waals surface area contributed by atoms with Gasteiger partial charge in [0, 0.05) is 19.1 Å². The Kier molecular flexibility index (Phi) is 7.37. The molecule has 9 heteroatoms. The summed E-state index contributed by atoms with van der Waals surface area (Å²) in [6, 6.07) is 15.7. The molecule has 4 rings (SSSR count). The van der Waals surface area contributed by atoms with Crippen molar-refractivity contribution in [3.8, 4) is 11.1 Å². The first-order valence-corrected chi connectivity index (χ1v) is 11.6. The molecule has 1 saturated carbocycles. The zero-order chi connectivity index (χ0) is 25.0. The number of aliphatic carboxylic acids is 1. The minimum atomic E-state index is -1.33. The molecule has 0 spiro atoms. The fourth-order valence-electron chi connectivity index (χ4n) is 5.00. The molecule has 1 fully saturated rings. The molecule has 0 aromatic heterocycles. The Hall–Kier alpha value is -3.43. The van der Waals surface area contributed by atoms with Gasteiger partial charge in [0.15, 0.2) is 0 Å². The summed E-state index contributed by atoms with van der Waals surface area (Å²) in [6.07, 6.45) is -0.102. The highest BCUT2D eigenvalue weighted by Gasteiger charge is 2.46. The summed E-state index contributed by atoms with van der Waals surface area (Å²) in [5, 5.41) is 12.0. The summed E-state index contributed by atoms with van der Waals surface area (Å²) in [7, 11) is 1.34. The molecule has 186 valence electrons. The Morgan fingerprint density at radius 3 is 2.31 bits per heavy atom. The number of methoxy groups -OCH3 is 1. The molecule has 2 aliphatic carbocycles. The number of carboxylic acids is 1. The second-order valence-corrected chi connectivity index (χ2v) is 9.16. The zero-order valence-corrected chi connectivity index (χ0v) is 19.8. The number of hydrogen-bond donors (Lipinski definition) is 3. The van der Waals surface area contributed by atoms with Gasteiger partial charge in [0.1, 0.15) is 6.61 Å². The van der Waals surface area contributed by atoms with Gasteiger partial charge in [0.05, 0.1) is 12.0 Å². The van der Waals surface area contributed by atoms with Crippen LogP contribution in [0.1, 0.15) is 43.2 Å². The lowest BCUT2D eigenvalue weighted by molar-refractivity contribution is -0.168. The average molecular weight is 483 g/mol. The van der Waals surface area contributed by atoms with Crippen LogP contribution in [0.3, 0.4) is 0 Å². The monoisotopic (exact) mass is 482 g/mol. The molecule has 35 heavy (non-hydrogen) atoms. The SMILES string of the molecule is COCC(ONC(=O)C1(C)CCCC1NC(=O)OCC1c2ccccc2-c2ccccc21)C(=O)O. The maximum absolute atomic E-state index is 12.9. The van der Waals surface area contributed by atoms with Gasteiger partial charge in [-0.1, -0.05) is 55.0 Å². The number of amides is 2. The standard InChI is InChI=1S/C26H30N2O7/c1-26(24(31)28-35-21(15-33-2)23(29)30)13-7-12-22(26)27-25(32)34-14-20-18-10-5-3-8-16(18)17-9-4-6-11-19(17)20/h3-6,8-11,20-22H,7,12-15H2,1-2H3,(H,27,32)(H,28,31)(H,29,30). The molecular weight excluding hydrogens is 452 g/mol. The van der Waals surface area contributed by atoms with Crippen molar-refractivity contribution in [2.24, 2.45) is 5.41 Å². The summed E-state index contributed by atoms with van der Waals surface area (Å²) in [5.74, 6) is -1.81. The number of carbonyl (C=O) groups excluding carboxylic acids is 2. The highest BCUT2D eigenvalue weighted by atomic mass is 16.7. The normalized spacial score (nSPS) is 21.6. The van der Waals surface area contributed by atoms with Gasteiger partial charge in [-0.05, 0) is 42.0 Å². The van der Waals surface area contributed by atoms with E-state index in [0.29, 0.717) is 12.8 Å². The van der Waals surface area contributed by atoms with Crippen molar-refractivity contribution in [3.05, 3.63) is 59.7 Å². The van der Waals surface area contributed by atoms with E-state index in [2.05, 4.69) is 22.9 Å². The van der Waals surface area contributed by atoms with E-state index in [1.54, 1.807) is 6.92 Å². The summed E-state index contributed by atoms with van der Waals surface area (Å²) < 4.78 is 10.4. The van der Waals surface area contributed by atoms with Crippen molar-refractivity contribution in [2.75, 3.05) is 20.3 Å². The number of hydroxylamine groups is 1. The minimum absolute atomic E-state index is 0.0615. The van der Waals surface area contributed by atoms with Gasteiger partial charge < -0.3 is 19.9 Å². The van der Waals surface area contributed by atoms with Crippen LogP contribution in [-0.4, -0.2) is 55.5 Å². The van der Waals surface area contributed by atoms with E-state index in [0.717, 1.165) is 28.7 Å². The average Bonchev–Trinajstić information content (AvgIpc) is 3.38. The van der Waals surface area contributed by atoms with Gasteiger partial charge in [-0.3, -0.25) is 9.63 Å². The van der Waals surface area contributed by atoms with Crippen LogP contribution in [0.15, 0.2) is 48.5 Å².